The minimum absolute atomic E-state index is 0.552. The molecule has 69 valence electrons. The summed E-state index contributed by atoms with van der Waals surface area (Å²) in [6.07, 6.45) is 0. The lowest BCUT2D eigenvalue weighted by Crippen LogP contribution is -2.36. The molecule has 1 aromatic rings. The van der Waals surface area contributed by atoms with Crippen molar-refractivity contribution in [3.05, 3.63) is 24.1 Å². The van der Waals surface area contributed by atoms with Crippen molar-refractivity contribution in [3.63, 3.8) is 0 Å². The summed E-state index contributed by atoms with van der Waals surface area (Å²) in [5.74, 6) is 0.114. The molecule has 0 aliphatic carbocycles. The zero-order valence-corrected chi connectivity index (χ0v) is 7.16. The molecule has 1 saturated heterocycles. The van der Waals surface area contributed by atoms with Gasteiger partial charge in [-0.05, 0) is 12.1 Å². The fourth-order valence-electron chi connectivity index (χ4n) is 1.32. The van der Waals surface area contributed by atoms with Crippen molar-refractivity contribution >= 4 is 5.82 Å². The highest BCUT2D eigenvalue weighted by atomic mass is 19.1. The molecule has 0 spiro atoms. The van der Waals surface area contributed by atoms with Crippen LogP contribution in [0.3, 0.4) is 0 Å². The summed E-state index contributed by atoms with van der Waals surface area (Å²) in [6, 6.07) is 5.68. The van der Waals surface area contributed by atoms with Crippen molar-refractivity contribution < 1.29 is 9.13 Å². The van der Waals surface area contributed by atoms with Gasteiger partial charge in [0, 0.05) is 19.2 Å². The van der Waals surface area contributed by atoms with Crippen molar-refractivity contribution in [2.24, 2.45) is 0 Å². The van der Waals surface area contributed by atoms with E-state index in [0.717, 1.165) is 13.1 Å². The molecule has 13 heavy (non-hydrogen) atoms. The van der Waals surface area contributed by atoms with Gasteiger partial charge < -0.3 is 9.64 Å². The fourth-order valence-corrected chi connectivity index (χ4v) is 1.32. The Kier molecular flexibility index (Phi) is 2.40. The molecule has 1 aliphatic heterocycles. The van der Waals surface area contributed by atoms with E-state index >= 15 is 0 Å². The molecule has 0 atom stereocenters. The van der Waals surface area contributed by atoms with Crippen LogP contribution in [0, 0.1) is 12.0 Å². The van der Waals surface area contributed by atoms with Crippen molar-refractivity contribution in [2.75, 3.05) is 31.2 Å². The van der Waals surface area contributed by atoms with Crippen LogP contribution in [-0.2, 0) is 4.74 Å². The number of hydrogen-bond acceptors (Lipinski definition) is 3. The van der Waals surface area contributed by atoms with Gasteiger partial charge in [0.25, 0.3) is 0 Å². The summed E-state index contributed by atoms with van der Waals surface area (Å²) in [4.78, 5) is 5.75. The smallest absolute Gasteiger partial charge is 0.222 e. The first-order valence-corrected chi connectivity index (χ1v) is 4.23. The van der Waals surface area contributed by atoms with Crippen LogP contribution in [-0.4, -0.2) is 31.3 Å². The normalized spacial score (nSPS) is 17.5. The van der Waals surface area contributed by atoms with Gasteiger partial charge in [0.2, 0.25) is 5.95 Å². The van der Waals surface area contributed by atoms with E-state index in [9.17, 15) is 4.39 Å². The standard InChI is InChI=1S/C9H10FN2O/c10-8-2-1-3-9(11-8)12-4-6-13-7-5-12/h1,3H,4-7H2. The predicted octanol–water partition coefficient (Wildman–Crippen LogP) is 0.857. The van der Waals surface area contributed by atoms with E-state index in [1.165, 1.54) is 0 Å². The van der Waals surface area contributed by atoms with Gasteiger partial charge in [0.1, 0.15) is 5.82 Å². The molecule has 0 bridgehead atoms. The van der Waals surface area contributed by atoms with Crippen molar-refractivity contribution in [1.82, 2.24) is 4.98 Å². The second kappa shape index (κ2) is 3.70. The van der Waals surface area contributed by atoms with Gasteiger partial charge in [-0.2, -0.15) is 4.39 Å². The Balaban J connectivity index is 2.14. The number of ether oxygens (including phenoxy) is 1. The van der Waals surface area contributed by atoms with Crippen LogP contribution in [0.5, 0.6) is 0 Å². The van der Waals surface area contributed by atoms with Gasteiger partial charge in [-0.1, -0.05) is 0 Å². The third-order valence-corrected chi connectivity index (χ3v) is 1.98. The topological polar surface area (TPSA) is 25.4 Å². The maximum absolute atomic E-state index is 12.7. The molecular weight excluding hydrogens is 171 g/mol. The lowest BCUT2D eigenvalue weighted by Gasteiger charge is -2.27. The van der Waals surface area contributed by atoms with Crippen molar-refractivity contribution in [1.29, 1.82) is 0 Å². The highest BCUT2D eigenvalue weighted by molar-refractivity contribution is 5.37. The number of halogens is 1. The van der Waals surface area contributed by atoms with Crippen LogP contribution in [0.4, 0.5) is 10.2 Å². The minimum atomic E-state index is -0.552. The van der Waals surface area contributed by atoms with E-state index in [-0.39, 0.29) is 0 Å². The summed E-state index contributed by atoms with van der Waals surface area (Å²) >= 11 is 0. The number of rotatable bonds is 1. The van der Waals surface area contributed by atoms with E-state index in [1.54, 1.807) is 12.1 Å². The van der Waals surface area contributed by atoms with Crippen LogP contribution in [0.2, 0.25) is 0 Å². The Bertz CT molecular complexity index is 287. The van der Waals surface area contributed by atoms with Crippen LogP contribution in [0.1, 0.15) is 0 Å². The Morgan fingerprint density at radius 1 is 1.46 bits per heavy atom. The van der Waals surface area contributed by atoms with Gasteiger partial charge in [0.05, 0.1) is 13.2 Å². The second-order valence-corrected chi connectivity index (χ2v) is 2.84. The molecule has 0 N–H and O–H groups in total. The summed E-state index contributed by atoms with van der Waals surface area (Å²) in [6.45, 7) is 2.91. The highest BCUT2D eigenvalue weighted by Gasteiger charge is 2.12. The summed E-state index contributed by atoms with van der Waals surface area (Å²) in [5, 5.41) is 0. The third-order valence-electron chi connectivity index (χ3n) is 1.98. The Hall–Kier alpha value is -1.16. The molecule has 4 heteroatoms. The number of nitrogens with zero attached hydrogens (tertiary/aromatic N) is 2. The first-order valence-electron chi connectivity index (χ1n) is 4.23. The Morgan fingerprint density at radius 3 is 2.92 bits per heavy atom. The molecule has 1 radical (unpaired) electrons. The quantitative estimate of drug-likeness (QED) is 0.601. The summed E-state index contributed by atoms with van der Waals surface area (Å²) in [7, 11) is 0. The van der Waals surface area contributed by atoms with Gasteiger partial charge in [-0.3, -0.25) is 0 Å². The van der Waals surface area contributed by atoms with Gasteiger partial charge in [-0.25, -0.2) is 4.98 Å². The zero-order chi connectivity index (χ0) is 9.10. The van der Waals surface area contributed by atoms with Gasteiger partial charge in [-0.15, -0.1) is 0 Å². The molecule has 2 heterocycles. The number of morpholine rings is 1. The number of pyridine rings is 1. The molecule has 0 aromatic carbocycles. The largest absolute Gasteiger partial charge is 0.378 e. The van der Waals surface area contributed by atoms with Gasteiger partial charge >= 0.3 is 0 Å². The first-order chi connectivity index (χ1) is 6.36. The lowest BCUT2D eigenvalue weighted by molar-refractivity contribution is 0.122. The molecule has 3 nitrogen and oxygen atoms in total. The van der Waals surface area contributed by atoms with E-state index in [1.807, 2.05) is 4.90 Å². The number of aromatic nitrogens is 1. The predicted molar refractivity (Wildman–Crippen MR) is 46.1 cm³/mol. The minimum Gasteiger partial charge on any atom is -0.378 e. The first kappa shape index (κ1) is 8.44. The van der Waals surface area contributed by atoms with E-state index in [4.69, 9.17) is 4.74 Å². The average molecular weight is 181 g/mol. The highest BCUT2D eigenvalue weighted by Crippen LogP contribution is 2.11. The Labute approximate surface area is 76.1 Å². The molecule has 1 fully saturated rings. The number of hydrogen-bond donors (Lipinski definition) is 0. The molecule has 1 aliphatic rings. The molecule has 0 saturated carbocycles. The average Bonchev–Trinajstić information content (AvgIpc) is 2.19. The maximum atomic E-state index is 12.7. The van der Waals surface area contributed by atoms with Crippen LogP contribution < -0.4 is 4.90 Å². The van der Waals surface area contributed by atoms with E-state index in [2.05, 4.69) is 11.1 Å². The van der Waals surface area contributed by atoms with Gasteiger partial charge in [0.15, 0.2) is 0 Å². The zero-order valence-electron chi connectivity index (χ0n) is 7.16. The summed E-state index contributed by atoms with van der Waals surface area (Å²) in [5.41, 5.74) is 0. The molecule has 2 rings (SSSR count). The van der Waals surface area contributed by atoms with Crippen LogP contribution in [0.25, 0.3) is 0 Å². The van der Waals surface area contributed by atoms with E-state index < -0.39 is 5.95 Å². The lowest BCUT2D eigenvalue weighted by atomic mass is 10.4. The summed E-state index contributed by atoms with van der Waals surface area (Å²) < 4.78 is 17.9. The maximum Gasteiger partial charge on any atom is 0.222 e. The molecule has 0 amide bonds. The molecule has 0 unspecified atom stereocenters. The van der Waals surface area contributed by atoms with E-state index in [0.29, 0.717) is 19.0 Å². The second-order valence-electron chi connectivity index (χ2n) is 2.84. The van der Waals surface area contributed by atoms with Crippen LogP contribution in [0.15, 0.2) is 12.1 Å². The monoisotopic (exact) mass is 181 g/mol. The molecular formula is C9H10FN2O. The number of anilines is 1. The van der Waals surface area contributed by atoms with Crippen molar-refractivity contribution in [2.45, 2.75) is 0 Å². The Morgan fingerprint density at radius 2 is 2.23 bits per heavy atom. The molecule has 1 aromatic heterocycles. The SMILES string of the molecule is Fc1[c]ccc(N2CCOCC2)n1. The van der Waals surface area contributed by atoms with Crippen molar-refractivity contribution in [3.8, 4) is 0 Å². The fraction of sp³-hybridized carbons (Fsp3) is 0.444. The van der Waals surface area contributed by atoms with Crippen LogP contribution >= 0.6 is 0 Å². The third kappa shape index (κ3) is 1.95.